The van der Waals surface area contributed by atoms with Crippen LogP contribution in [0.4, 0.5) is 0 Å². The van der Waals surface area contributed by atoms with E-state index in [1.165, 1.54) is 0 Å². The van der Waals surface area contributed by atoms with Crippen LogP contribution in [0.15, 0.2) is 63.3 Å². The first kappa shape index (κ1) is 15.4. The quantitative estimate of drug-likeness (QED) is 0.664. The normalized spacial score (nSPS) is 13.3. The summed E-state index contributed by atoms with van der Waals surface area (Å²) in [5.74, 6) is 2.32. The largest absolute Gasteiger partial charge is 0.497 e. The lowest BCUT2D eigenvalue weighted by Crippen LogP contribution is -2.13. The Morgan fingerprint density at radius 1 is 1.08 bits per heavy atom. The number of nitrogens with zero attached hydrogens (tertiary/aromatic N) is 4. The molecule has 1 aromatic heterocycles. The lowest BCUT2D eigenvalue weighted by Gasteiger charge is -2.14. The maximum Gasteiger partial charge on any atom is 0.212 e. The molecule has 0 spiro atoms. The van der Waals surface area contributed by atoms with E-state index < -0.39 is 0 Å². The average Bonchev–Trinajstić information content (AvgIpc) is 3.05. The van der Waals surface area contributed by atoms with E-state index in [1.807, 2.05) is 53.2 Å². The van der Waals surface area contributed by atoms with Crippen LogP contribution in [0.5, 0.6) is 5.75 Å². The van der Waals surface area contributed by atoms with Crippen molar-refractivity contribution in [1.29, 1.82) is 0 Å². The second-order valence-electron chi connectivity index (χ2n) is 5.19. The van der Waals surface area contributed by atoms with Crippen LogP contribution >= 0.6 is 27.7 Å². The first-order valence-electron chi connectivity index (χ1n) is 7.31. The first-order chi connectivity index (χ1) is 11.7. The minimum absolute atomic E-state index is 0.741. The van der Waals surface area contributed by atoms with Gasteiger partial charge in [-0.15, -0.1) is 10.2 Å². The molecule has 0 saturated carbocycles. The third-order valence-electron chi connectivity index (χ3n) is 3.68. The van der Waals surface area contributed by atoms with Crippen molar-refractivity contribution in [1.82, 2.24) is 14.9 Å². The highest BCUT2D eigenvalue weighted by atomic mass is 79.9. The highest BCUT2D eigenvalue weighted by Gasteiger charge is 2.20. The number of rotatable bonds is 3. The van der Waals surface area contributed by atoms with Gasteiger partial charge in [-0.25, -0.2) is 0 Å². The Morgan fingerprint density at radius 3 is 2.71 bits per heavy atom. The van der Waals surface area contributed by atoms with Crippen molar-refractivity contribution < 1.29 is 4.74 Å². The Bertz CT molecular complexity index is 921. The lowest BCUT2D eigenvalue weighted by atomic mass is 10.1. The van der Waals surface area contributed by atoms with Gasteiger partial charge in [0.05, 0.1) is 12.8 Å². The summed E-state index contributed by atoms with van der Waals surface area (Å²) in [5.41, 5.74) is 3.00. The molecule has 2 heterocycles. The Morgan fingerprint density at radius 2 is 1.92 bits per heavy atom. The third kappa shape index (κ3) is 2.85. The van der Waals surface area contributed by atoms with Crippen LogP contribution in [0, 0.1) is 0 Å². The average molecular weight is 401 g/mol. The highest BCUT2D eigenvalue weighted by molar-refractivity contribution is 9.10. The van der Waals surface area contributed by atoms with E-state index in [9.17, 15) is 0 Å². The van der Waals surface area contributed by atoms with Crippen LogP contribution in [0.25, 0.3) is 11.4 Å². The molecule has 0 amide bonds. The number of aromatic nitrogens is 3. The first-order valence-corrected chi connectivity index (χ1v) is 9.09. The van der Waals surface area contributed by atoms with Crippen molar-refractivity contribution in [3.63, 3.8) is 0 Å². The van der Waals surface area contributed by atoms with Crippen LogP contribution in [0.3, 0.4) is 0 Å². The van der Waals surface area contributed by atoms with E-state index in [2.05, 4.69) is 26.1 Å². The molecule has 0 bridgehead atoms. The molecule has 5 nitrogen and oxygen atoms in total. The smallest absolute Gasteiger partial charge is 0.212 e. The molecule has 120 valence electrons. The van der Waals surface area contributed by atoms with Gasteiger partial charge in [0.15, 0.2) is 5.82 Å². The molecule has 24 heavy (non-hydrogen) atoms. The van der Waals surface area contributed by atoms with E-state index >= 15 is 0 Å². The zero-order valence-corrected chi connectivity index (χ0v) is 15.2. The van der Waals surface area contributed by atoms with Gasteiger partial charge < -0.3 is 4.74 Å². The molecule has 2 aromatic carbocycles. The number of fused-ring (bicyclic) bond motifs is 1. The predicted octanol–water partition coefficient (Wildman–Crippen LogP) is 4.07. The number of ether oxygens (including phenoxy) is 1. The molecule has 0 radical (unpaired) electrons. The van der Waals surface area contributed by atoms with Crippen molar-refractivity contribution in [3.05, 3.63) is 58.6 Å². The molecule has 3 aromatic rings. The fourth-order valence-corrected chi connectivity index (χ4v) is 3.55. The number of hydrogen-bond donors (Lipinski definition) is 0. The van der Waals surface area contributed by atoms with E-state index in [0.29, 0.717) is 0 Å². The molecule has 1 aliphatic heterocycles. The van der Waals surface area contributed by atoms with Gasteiger partial charge in [-0.05, 0) is 24.3 Å². The molecule has 0 aliphatic carbocycles. The fraction of sp³-hybridized carbons (Fsp3) is 0.118. The molecule has 1 aliphatic rings. The summed E-state index contributed by atoms with van der Waals surface area (Å²) in [6.45, 7) is 0. The fourth-order valence-electron chi connectivity index (χ4n) is 2.45. The monoisotopic (exact) mass is 400 g/mol. The van der Waals surface area contributed by atoms with E-state index in [0.717, 1.165) is 43.8 Å². The van der Waals surface area contributed by atoms with Gasteiger partial charge in [0.1, 0.15) is 5.75 Å². The zero-order chi connectivity index (χ0) is 16.5. The molecule has 4 rings (SSSR count). The van der Waals surface area contributed by atoms with Gasteiger partial charge in [0.25, 0.3) is 0 Å². The van der Waals surface area contributed by atoms with Crippen molar-refractivity contribution in [2.24, 2.45) is 5.10 Å². The number of hydrogen-bond acceptors (Lipinski definition) is 5. The van der Waals surface area contributed by atoms with Crippen LogP contribution in [0.2, 0.25) is 0 Å². The predicted molar refractivity (Wildman–Crippen MR) is 98.8 cm³/mol. The topological polar surface area (TPSA) is 52.3 Å². The molecule has 0 atom stereocenters. The summed E-state index contributed by atoms with van der Waals surface area (Å²) in [4.78, 5) is 0. The maximum atomic E-state index is 5.31. The molecular formula is C17H13BrN4OS. The van der Waals surface area contributed by atoms with Gasteiger partial charge in [0, 0.05) is 21.4 Å². The van der Waals surface area contributed by atoms with Crippen LogP contribution in [-0.4, -0.2) is 33.4 Å². The van der Waals surface area contributed by atoms with Gasteiger partial charge in [-0.1, -0.05) is 52.0 Å². The Balaban J connectivity index is 1.77. The zero-order valence-electron chi connectivity index (χ0n) is 12.8. The number of thioether (sulfide) groups is 1. The highest BCUT2D eigenvalue weighted by Crippen LogP contribution is 2.29. The standard InChI is InChI=1S/C17H13BrN4OS/c1-23-14-4-2-3-12(9-14)15-10-24-17-20-19-16(22(17)21-15)11-5-7-13(18)8-6-11/h2-9H,10H2,1H3. The summed E-state index contributed by atoms with van der Waals surface area (Å²) in [6, 6.07) is 15.9. The van der Waals surface area contributed by atoms with Crippen molar-refractivity contribution in [2.75, 3.05) is 12.9 Å². The van der Waals surface area contributed by atoms with Crippen molar-refractivity contribution in [3.8, 4) is 17.1 Å². The summed E-state index contributed by atoms with van der Waals surface area (Å²) in [6.07, 6.45) is 0. The van der Waals surface area contributed by atoms with E-state index in [4.69, 9.17) is 9.84 Å². The number of methoxy groups -OCH3 is 1. The van der Waals surface area contributed by atoms with Crippen LogP contribution in [0.1, 0.15) is 5.56 Å². The van der Waals surface area contributed by atoms with Crippen LogP contribution < -0.4 is 4.74 Å². The summed E-state index contributed by atoms with van der Waals surface area (Å²) >= 11 is 5.08. The van der Waals surface area contributed by atoms with Gasteiger partial charge in [-0.3, -0.25) is 0 Å². The summed E-state index contributed by atoms with van der Waals surface area (Å²) in [5, 5.41) is 14.1. The van der Waals surface area contributed by atoms with Crippen molar-refractivity contribution in [2.45, 2.75) is 5.16 Å². The summed E-state index contributed by atoms with van der Waals surface area (Å²) in [7, 11) is 1.67. The molecule has 0 fully saturated rings. The Labute approximate surface area is 151 Å². The van der Waals surface area contributed by atoms with Gasteiger partial charge >= 0.3 is 0 Å². The SMILES string of the molecule is COc1cccc(C2=Nn3c(nnc3-c3ccc(Br)cc3)SC2)c1. The third-order valence-corrected chi connectivity index (χ3v) is 5.14. The lowest BCUT2D eigenvalue weighted by molar-refractivity contribution is 0.414. The molecular weight excluding hydrogens is 388 g/mol. The van der Waals surface area contributed by atoms with Crippen molar-refractivity contribution >= 4 is 33.4 Å². The second-order valence-corrected chi connectivity index (χ2v) is 7.05. The number of halogens is 1. The van der Waals surface area contributed by atoms with Crippen LogP contribution in [-0.2, 0) is 0 Å². The Kier molecular flexibility index (Phi) is 4.12. The molecule has 7 heteroatoms. The van der Waals surface area contributed by atoms with Gasteiger partial charge in [0.2, 0.25) is 5.16 Å². The second kappa shape index (κ2) is 6.41. The summed E-state index contributed by atoms with van der Waals surface area (Å²) < 4.78 is 8.15. The minimum Gasteiger partial charge on any atom is -0.497 e. The molecule has 0 unspecified atom stereocenters. The minimum atomic E-state index is 0.741. The Hall–Kier alpha value is -2.12. The number of benzene rings is 2. The maximum absolute atomic E-state index is 5.31. The van der Waals surface area contributed by atoms with E-state index in [1.54, 1.807) is 18.9 Å². The van der Waals surface area contributed by atoms with E-state index in [-0.39, 0.29) is 0 Å². The van der Waals surface area contributed by atoms with Gasteiger partial charge in [-0.2, -0.15) is 9.78 Å². The molecule has 0 saturated heterocycles. The molecule has 0 N–H and O–H groups in total.